The Morgan fingerprint density at radius 2 is 2.15 bits per heavy atom. The maximum Gasteiger partial charge on any atom is 0.228 e. The fourth-order valence-corrected chi connectivity index (χ4v) is 3.68. The first-order chi connectivity index (χ1) is 9.61. The number of benzene rings is 1. The Balaban J connectivity index is 1.76. The third-order valence-corrected chi connectivity index (χ3v) is 4.87. The molecule has 1 amide bonds. The fraction of sp³-hybridized carbons (Fsp3) is 0.562. The van der Waals surface area contributed by atoms with Crippen LogP contribution in [0.2, 0.25) is 0 Å². The second kappa shape index (κ2) is 5.17. The van der Waals surface area contributed by atoms with E-state index in [9.17, 15) is 9.18 Å². The summed E-state index contributed by atoms with van der Waals surface area (Å²) >= 11 is 0. The van der Waals surface area contributed by atoms with Crippen LogP contribution in [0.4, 0.5) is 4.39 Å². The fourth-order valence-electron chi connectivity index (χ4n) is 3.68. The van der Waals surface area contributed by atoms with E-state index in [-0.39, 0.29) is 23.2 Å². The Morgan fingerprint density at radius 1 is 1.40 bits per heavy atom. The molecule has 108 valence electrons. The summed E-state index contributed by atoms with van der Waals surface area (Å²) < 4.78 is 13.3. The van der Waals surface area contributed by atoms with Crippen molar-refractivity contribution in [1.29, 1.82) is 0 Å². The van der Waals surface area contributed by atoms with E-state index >= 15 is 0 Å². The normalized spacial score (nSPS) is 25.4. The van der Waals surface area contributed by atoms with Crippen molar-refractivity contribution in [2.24, 2.45) is 5.41 Å². The van der Waals surface area contributed by atoms with Crippen LogP contribution in [0, 0.1) is 11.2 Å². The lowest BCUT2D eigenvalue weighted by atomic mass is 9.76. The molecule has 2 aliphatic rings. The molecule has 1 atom stereocenters. The number of halogens is 1. The quantitative estimate of drug-likeness (QED) is 0.895. The van der Waals surface area contributed by atoms with Crippen molar-refractivity contribution in [2.75, 3.05) is 20.1 Å². The van der Waals surface area contributed by atoms with Crippen LogP contribution < -0.4 is 5.32 Å². The van der Waals surface area contributed by atoms with E-state index in [1.54, 1.807) is 12.1 Å². The molecule has 0 bridgehead atoms. The van der Waals surface area contributed by atoms with Gasteiger partial charge in [-0.15, -0.1) is 0 Å². The lowest BCUT2D eigenvalue weighted by molar-refractivity contribution is -0.136. The van der Waals surface area contributed by atoms with Gasteiger partial charge < -0.3 is 10.2 Å². The van der Waals surface area contributed by atoms with Gasteiger partial charge in [0.15, 0.2) is 0 Å². The van der Waals surface area contributed by atoms with Crippen LogP contribution >= 0.6 is 0 Å². The summed E-state index contributed by atoms with van der Waals surface area (Å²) in [4.78, 5) is 14.5. The summed E-state index contributed by atoms with van der Waals surface area (Å²) in [6.07, 6.45) is 3.50. The van der Waals surface area contributed by atoms with Gasteiger partial charge in [-0.3, -0.25) is 4.79 Å². The van der Waals surface area contributed by atoms with Crippen LogP contribution in [0.1, 0.15) is 24.8 Å². The van der Waals surface area contributed by atoms with Crippen LogP contribution in [0.5, 0.6) is 0 Å². The number of hydrogen-bond acceptors (Lipinski definition) is 2. The Bertz CT molecular complexity index is 511. The lowest BCUT2D eigenvalue weighted by Gasteiger charge is -2.31. The molecule has 0 unspecified atom stereocenters. The summed E-state index contributed by atoms with van der Waals surface area (Å²) in [5.41, 5.74) is 0.804. The molecule has 2 saturated heterocycles. The first-order valence-corrected chi connectivity index (χ1v) is 7.33. The molecule has 2 heterocycles. The Hall–Kier alpha value is -1.42. The number of nitrogens with zero attached hydrogens (tertiary/aromatic N) is 1. The average molecular weight is 276 g/mol. The topological polar surface area (TPSA) is 32.3 Å². The minimum atomic E-state index is -0.203. The second-order valence-corrected chi connectivity index (χ2v) is 6.14. The second-order valence-electron chi connectivity index (χ2n) is 6.14. The molecule has 1 aromatic rings. The first kappa shape index (κ1) is 13.6. The Kier molecular flexibility index (Phi) is 3.50. The van der Waals surface area contributed by atoms with Crippen LogP contribution in [-0.2, 0) is 11.2 Å². The van der Waals surface area contributed by atoms with E-state index in [0.717, 1.165) is 44.3 Å². The highest BCUT2D eigenvalue weighted by Gasteiger charge is 2.49. The number of amides is 1. The van der Waals surface area contributed by atoms with Gasteiger partial charge in [0.25, 0.3) is 0 Å². The third-order valence-electron chi connectivity index (χ3n) is 4.87. The predicted octanol–water partition coefficient (Wildman–Crippen LogP) is 1.97. The van der Waals surface area contributed by atoms with Crippen LogP contribution in [-0.4, -0.2) is 37.0 Å². The summed E-state index contributed by atoms with van der Waals surface area (Å²) in [5.74, 6) is 0.0754. The number of piperidine rings is 1. The summed E-state index contributed by atoms with van der Waals surface area (Å²) in [6, 6.07) is 6.91. The molecule has 2 fully saturated rings. The highest BCUT2D eigenvalue weighted by atomic mass is 19.1. The smallest absolute Gasteiger partial charge is 0.228 e. The van der Waals surface area contributed by atoms with Crippen LogP contribution in [0.15, 0.2) is 24.3 Å². The van der Waals surface area contributed by atoms with Crippen molar-refractivity contribution in [3.63, 3.8) is 0 Å². The molecule has 1 aromatic carbocycles. The number of rotatable bonds is 2. The van der Waals surface area contributed by atoms with E-state index in [2.05, 4.69) is 5.32 Å². The van der Waals surface area contributed by atoms with Crippen molar-refractivity contribution in [2.45, 2.75) is 31.7 Å². The number of carbonyl (C=O) groups excluding carboxylic acids is 1. The maximum absolute atomic E-state index is 13.3. The number of hydrogen-bond donors (Lipinski definition) is 1. The van der Waals surface area contributed by atoms with Gasteiger partial charge in [0, 0.05) is 13.1 Å². The SMILES string of the molecule is CN1C(=O)C2(CCNCC2)C[C@@H]1Cc1cccc(F)c1. The zero-order chi connectivity index (χ0) is 14.2. The van der Waals surface area contributed by atoms with Crippen molar-refractivity contribution < 1.29 is 9.18 Å². The highest BCUT2D eigenvalue weighted by molar-refractivity contribution is 5.85. The van der Waals surface area contributed by atoms with Gasteiger partial charge in [-0.1, -0.05) is 12.1 Å². The maximum atomic E-state index is 13.3. The molecule has 0 aliphatic carbocycles. The van der Waals surface area contributed by atoms with E-state index in [0.29, 0.717) is 0 Å². The molecule has 4 heteroatoms. The summed E-state index contributed by atoms with van der Waals surface area (Å²) in [7, 11) is 1.89. The molecule has 3 nitrogen and oxygen atoms in total. The Morgan fingerprint density at radius 3 is 2.85 bits per heavy atom. The molecule has 20 heavy (non-hydrogen) atoms. The molecule has 2 aliphatic heterocycles. The predicted molar refractivity (Wildman–Crippen MR) is 75.8 cm³/mol. The van der Waals surface area contributed by atoms with E-state index in [1.807, 2.05) is 18.0 Å². The summed E-state index contributed by atoms with van der Waals surface area (Å²) in [5, 5.41) is 3.32. The molecular weight excluding hydrogens is 255 g/mol. The lowest BCUT2D eigenvalue weighted by Crippen LogP contribution is -2.42. The van der Waals surface area contributed by atoms with E-state index in [4.69, 9.17) is 0 Å². The van der Waals surface area contributed by atoms with E-state index < -0.39 is 0 Å². The first-order valence-electron chi connectivity index (χ1n) is 7.33. The van der Waals surface area contributed by atoms with Crippen molar-refractivity contribution >= 4 is 5.91 Å². The number of likely N-dealkylation sites (tertiary alicyclic amines) is 1. The van der Waals surface area contributed by atoms with Crippen molar-refractivity contribution in [3.8, 4) is 0 Å². The standard InChI is InChI=1S/C16H21FN2O/c1-19-14(10-12-3-2-4-13(17)9-12)11-16(15(19)20)5-7-18-8-6-16/h2-4,9,14,18H,5-8,10-11H2,1H3/t14-/m0/s1. The van der Waals surface area contributed by atoms with Gasteiger partial charge in [-0.2, -0.15) is 0 Å². The monoisotopic (exact) mass is 276 g/mol. The molecule has 0 aromatic heterocycles. The van der Waals surface area contributed by atoms with Crippen LogP contribution in [0.25, 0.3) is 0 Å². The van der Waals surface area contributed by atoms with Gasteiger partial charge in [0.1, 0.15) is 5.82 Å². The third kappa shape index (κ3) is 2.33. The minimum Gasteiger partial charge on any atom is -0.342 e. The number of nitrogens with one attached hydrogen (secondary N) is 1. The van der Waals surface area contributed by atoms with Crippen LogP contribution in [0.3, 0.4) is 0 Å². The van der Waals surface area contributed by atoms with Gasteiger partial charge in [0.05, 0.1) is 5.41 Å². The van der Waals surface area contributed by atoms with Gasteiger partial charge in [0.2, 0.25) is 5.91 Å². The van der Waals surface area contributed by atoms with Gasteiger partial charge in [-0.25, -0.2) is 4.39 Å². The zero-order valence-electron chi connectivity index (χ0n) is 11.9. The van der Waals surface area contributed by atoms with Gasteiger partial charge >= 0.3 is 0 Å². The number of carbonyl (C=O) groups is 1. The molecule has 1 spiro atoms. The molecule has 3 rings (SSSR count). The number of likely N-dealkylation sites (N-methyl/N-ethyl adjacent to an activating group) is 1. The average Bonchev–Trinajstić information content (AvgIpc) is 2.65. The minimum absolute atomic E-state index is 0.169. The molecule has 1 N–H and O–H groups in total. The Labute approximate surface area is 119 Å². The molecular formula is C16H21FN2O. The zero-order valence-corrected chi connectivity index (χ0v) is 11.9. The summed E-state index contributed by atoms with van der Waals surface area (Å²) in [6.45, 7) is 1.85. The van der Waals surface area contributed by atoms with E-state index in [1.165, 1.54) is 6.07 Å². The van der Waals surface area contributed by atoms with Gasteiger partial charge in [-0.05, 0) is 56.5 Å². The van der Waals surface area contributed by atoms with Crippen molar-refractivity contribution in [1.82, 2.24) is 10.2 Å². The molecule has 0 radical (unpaired) electrons. The highest BCUT2D eigenvalue weighted by Crippen LogP contribution is 2.43. The largest absolute Gasteiger partial charge is 0.342 e. The molecule has 0 saturated carbocycles. The van der Waals surface area contributed by atoms with Crippen molar-refractivity contribution in [3.05, 3.63) is 35.6 Å².